The lowest BCUT2D eigenvalue weighted by Gasteiger charge is -2.39. The van der Waals surface area contributed by atoms with E-state index in [9.17, 15) is 19.5 Å². The lowest BCUT2D eigenvalue weighted by Crippen LogP contribution is -2.58. The van der Waals surface area contributed by atoms with Gasteiger partial charge in [-0.3, -0.25) is 14.4 Å². The summed E-state index contributed by atoms with van der Waals surface area (Å²) < 4.78 is 12.2. The Morgan fingerprint density at radius 3 is 2.51 bits per heavy atom. The van der Waals surface area contributed by atoms with Gasteiger partial charge in [0, 0.05) is 38.0 Å². The molecular weight excluding hydrogens is 522 g/mol. The van der Waals surface area contributed by atoms with E-state index in [4.69, 9.17) is 9.47 Å². The van der Waals surface area contributed by atoms with E-state index in [0.29, 0.717) is 43.9 Å². The summed E-state index contributed by atoms with van der Waals surface area (Å²) in [5.74, 6) is -1.43. The second-order valence-electron chi connectivity index (χ2n) is 11.2. The van der Waals surface area contributed by atoms with Crippen molar-refractivity contribution < 1.29 is 29.0 Å². The Balaban J connectivity index is 1.71. The number of carbonyl (C=O) groups excluding carboxylic acids is 3. The Morgan fingerprint density at radius 1 is 1.20 bits per heavy atom. The van der Waals surface area contributed by atoms with Crippen LogP contribution in [0.25, 0.3) is 0 Å². The molecule has 3 amide bonds. The van der Waals surface area contributed by atoms with Crippen molar-refractivity contribution in [1.29, 1.82) is 0 Å². The molecule has 9 heteroatoms. The number of aliphatic hydroxyl groups excluding tert-OH is 1. The predicted molar refractivity (Wildman–Crippen MR) is 157 cm³/mol. The molecule has 9 nitrogen and oxygen atoms in total. The van der Waals surface area contributed by atoms with E-state index in [1.807, 2.05) is 38.1 Å². The first-order valence-corrected chi connectivity index (χ1v) is 14.9. The Bertz CT molecular complexity index is 1120. The van der Waals surface area contributed by atoms with Gasteiger partial charge in [-0.05, 0) is 63.8 Å². The summed E-state index contributed by atoms with van der Waals surface area (Å²) in [5, 5.41) is 9.62. The zero-order valence-electron chi connectivity index (χ0n) is 24.7. The number of ether oxygens (including phenoxy) is 2. The molecule has 224 valence electrons. The first-order chi connectivity index (χ1) is 19.8. The molecule has 3 saturated heterocycles. The van der Waals surface area contributed by atoms with E-state index in [1.165, 1.54) is 0 Å². The topological polar surface area (TPSA) is 99.6 Å². The third kappa shape index (κ3) is 5.54. The van der Waals surface area contributed by atoms with Crippen LogP contribution in [0.5, 0.6) is 5.75 Å². The number of amides is 3. The number of hydrogen-bond acceptors (Lipinski definition) is 6. The van der Waals surface area contributed by atoms with E-state index >= 15 is 0 Å². The van der Waals surface area contributed by atoms with Crippen LogP contribution in [-0.4, -0.2) is 89.3 Å². The Morgan fingerprint density at radius 2 is 1.90 bits per heavy atom. The summed E-state index contributed by atoms with van der Waals surface area (Å²) in [4.78, 5) is 47.8. The monoisotopic (exact) mass is 567 g/mol. The van der Waals surface area contributed by atoms with Crippen LogP contribution in [0, 0.1) is 11.8 Å². The quantitative estimate of drug-likeness (QED) is 0.326. The van der Waals surface area contributed by atoms with Gasteiger partial charge >= 0.3 is 0 Å². The molecule has 0 aliphatic carbocycles. The highest BCUT2D eigenvalue weighted by Crippen LogP contribution is 2.59. The van der Waals surface area contributed by atoms with Crippen LogP contribution in [0.4, 0.5) is 5.69 Å². The zero-order chi connectivity index (χ0) is 29.7. The Labute approximate surface area is 243 Å². The van der Waals surface area contributed by atoms with Gasteiger partial charge in [0.2, 0.25) is 17.7 Å². The second-order valence-corrected chi connectivity index (χ2v) is 11.2. The van der Waals surface area contributed by atoms with E-state index in [-0.39, 0.29) is 43.5 Å². The van der Waals surface area contributed by atoms with Crippen molar-refractivity contribution >= 4 is 23.4 Å². The van der Waals surface area contributed by atoms with Crippen LogP contribution in [0.3, 0.4) is 0 Å². The fraction of sp³-hybridized carbons (Fsp3) is 0.594. The van der Waals surface area contributed by atoms with E-state index in [1.54, 1.807) is 26.9 Å². The minimum Gasteiger partial charge on any atom is -0.494 e. The van der Waals surface area contributed by atoms with E-state index in [0.717, 1.165) is 12.8 Å². The minimum atomic E-state index is -1.08. The summed E-state index contributed by atoms with van der Waals surface area (Å²) in [6.45, 7) is 15.0. The Hall–Kier alpha value is -3.17. The van der Waals surface area contributed by atoms with Crippen LogP contribution in [0.1, 0.15) is 52.9 Å². The van der Waals surface area contributed by atoms with E-state index < -0.39 is 29.6 Å². The number of hydrogen-bond donors (Lipinski definition) is 1. The third-order valence-corrected chi connectivity index (χ3v) is 8.76. The number of likely N-dealkylation sites (tertiary alicyclic amines) is 1. The highest BCUT2D eigenvalue weighted by atomic mass is 16.5. The lowest BCUT2D eigenvalue weighted by atomic mass is 9.70. The van der Waals surface area contributed by atoms with Crippen molar-refractivity contribution in [2.75, 3.05) is 37.7 Å². The second kappa shape index (κ2) is 13.2. The molecule has 3 aliphatic heterocycles. The van der Waals surface area contributed by atoms with Crippen molar-refractivity contribution in [2.45, 2.75) is 76.7 Å². The van der Waals surface area contributed by atoms with Gasteiger partial charge in [0.25, 0.3) is 0 Å². The summed E-state index contributed by atoms with van der Waals surface area (Å²) in [7, 11) is 0. The largest absolute Gasteiger partial charge is 0.494 e. The van der Waals surface area contributed by atoms with Crippen molar-refractivity contribution in [3.8, 4) is 5.75 Å². The van der Waals surface area contributed by atoms with Gasteiger partial charge in [0.1, 0.15) is 17.4 Å². The number of fused-ring (bicyclic) bond motifs is 1. The van der Waals surface area contributed by atoms with Crippen LogP contribution in [0.15, 0.2) is 49.6 Å². The summed E-state index contributed by atoms with van der Waals surface area (Å²) in [6, 6.07) is 6.39. The Kier molecular flexibility index (Phi) is 9.92. The van der Waals surface area contributed by atoms with Crippen molar-refractivity contribution in [3.05, 3.63) is 49.6 Å². The normalized spacial score (nSPS) is 26.9. The molecule has 3 heterocycles. The van der Waals surface area contributed by atoms with Gasteiger partial charge in [-0.15, -0.1) is 13.2 Å². The molecule has 1 spiro atoms. The van der Waals surface area contributed by atoms with Crippen LogP contribution < -0.4 is 9.64 Å². The molecule has 0 saturated carbocycles. The molecule has 1 aromatic rings. The average molecular weight is 568 g/mol. The van der Waals surface area contributed by atoms with Gasteiger partial charge < -0.3 is 29.3 Å². The number of aliphatic hydroxyl groups is 1. The molecule has 2 bridgehead atoms. The molecule has 1 aromatic carbocycles. The molecular formula is C32H45N3O6. The summed E-state index contributed by atoms with van der Waals surface area (Å²) in [6.07, 6.45) is 6.09. The maximum Gasteiger partial charge on any atom is 0.248 e. The van der Waals surface area contributed by atoms with Crippen molar-refractivity contribution in [2.24, 2.45) is 11.8 Å². The first kappa shape index (κ1) is 30.8. The highest BCUT2D eigenvalue weighted by Gasteiger charge is 2.74. The number of benzene rings is 1. The molecule has 3 aliphatic rings. The lowest BCUT2D eigenvalue weighted by molar-refractivity contribution is -0.149. The minimum absolute atomic E-state index is 0.0467. The standard InChI is InChI=1S/C32H45N3O6/c1-6-11-22(5)33(18-7-2)31(39)28-32-17-16-25(41-32)26(27(32)30(38)35(28)20-10-21-36)29(37)34(19-8-3)23-12-14-24(15-13-23)40-9-4/h7-8,12-15,22,25-28,36H,2-3,6,9-11,16-21H2,1,4-5H3/t22?,25-,26+,27+,28?,32?/m1/s1. The smallest absolute Gasteiger partial charge is 0.248 e. The number of rotatable bonds is 15. The molecule has 3 unspecified atom stereocenters. The number of nitrogens with zero attached hydrogens (tertiary/aromatic N) is 3. The van der Waals surface area contributed by atoms with Crippen molar-refractivity contribution in [1.82, 2.24) is 9.80 Å². The van der Waals surface area contributed by atoms with Gasteiger partial charge in [-0.25, -0.2) is 0 Å². The van der Waals surface area contributed by atoms with Crippen LogP contribution in [0.2, 0.25) is 0 Å². The molecule has 0 aromatic heterocycles. The SMILES string of the molecule is C=CCN(C(=O)[C@@H]1[C@H]2C(=O)N(CCCO)C(C(=O)N(CC=C)C(C)CCC)C23CC[C@H]1O3)c1ccc(OCC)cc1. The fourth-order valence-corrected chi connectivity index (χ4v) is 7.07. The average Bonchev–Trinajstić information content (AvgIpc) is 3.61. The van der Waals surface area contributed by atoms with Gasteiger partial charge in [0.05, 0.1) is 24.5 Å². The van der Waals surface area contributed by atoms with Gasteiger partial charge in [-0.1, -0.05) is 25.5 Å². The fourth-order valence-electron chi connectivity index (χ4n) is 7.07. The zero-order valence-corrected chi connectivity index (χ0v) is 24.7. The maximum absolute atomic E-state index is 14.3. The molecule has 0 radical (unpaired) electrons. The van der Waals surface area contributed by atoms with Gasteiger partial charge in [-0.2, -0.15) is 0 Å². The van der Waals surface area contributed by atoms with Crippen LogP contribution >= 0.6 is 0 Å². The molecule has 6 atom stereocenters. The number of carbonyl (C=O) groups is 3. The molecule has 1 N–H and O–H groups in total. The molecule has 4 rings (SSSR count). The predicted octanol–water partition coefficient (Wildman–Crippen LogP) is 3.56. The number of anilines is 1. The molecule has 3 fully saturated rings. The molecule has 41 heavy (non-hydrogen) atoms. The summed E-state index contributed by atoms with van der Waals surface area (Å²) in [5.41, 5.74) is -0.408. The maximum atomic E-state index is 14.3. The van der Waals surface area contributed by atoms with E-state index in [2.05, 4.69) is 20.1 Å². The highest BCUT2D eigenvalue weighted by molar-refractivity contribution is 6.03. The summed E-state index contributed by atoms with van der Waals surface area (Å²) >= 11 is 0. The van der Waals surface area contributed by atoms with Gasteiger partial charge in [0.15, 0.2) is 0 Å². The third-order valence-electron chi connectivity index (χ3n) is 8.76. The van der Waals surface area contributed by atoms with Crippen molar-refractivity contribution in [3.63, 3.8) is 0 Å². The van der Waals surface area contributed by atoms with Crippen LogP contribution in [-0.2, 0) is 19.1 Å². The first-order valence-electron chi connectivity index (χ1n) is 14.9.